The van der Waals surface area contributed by atoms with Crippen LogP contribution in [0, 0.1) is 11.8 Å². The van der Waals surface area contributed by atoms with E-state index in [1.807, 2.05) is 0 Å². The van der Waals surface area contributed by atoms with Crippen molar-refractivity contribution in [2.75, 3.05) is 13.1 Å². The molecular weight excluding hydrogens is 607 g/mol. The van der Waals surface area contributed by atoms with Crippen LogP contribution in [0.3, 0.4) is 0 Å². The lowest BCUT2D eigenvalue weighted by Gasteiger charge is -2.35. The smallest absolute Gasteiger partial charge is 0.351 e. The first-order valence-corrected chi connectivity index (χ1v) is 16.6. The molecule has 6 N–H and O–H groups in total. The third kappa shape index (κ3) is 5.87. The number of urea groups is 1. The van der Waals surface area contributed by atoms with Gasteiger partial charge in [0.15, 0.2) is 0 Å². The highest BCUT2D eigenvalue weighted by Gasteiger charge is 2.52. The van der Waals surface area contributed by atoms with Crippen molar-refractivity contribution < 1.29 is 42.3 Å². The topological polar surface area (TPSA) is 182 Å². The van der Waals surface area contributed by atoms with Crippen molar-refractivity contribution in [1.82, 2.24) is 20.4 Å². The van der Waals surface area contributed by atoms with Gasteiger partial charge in [0, 0.05) is 17.3 Å². The highest BCUT2D eigenvalue weighted by atomic mass is 32.1. The quantitative estimate of drug-likeness (QED) is 0.300. The first kappa shape index (κ1) is 29.9. The number of primary amides is 1. The van der Waals surface area contributed by atoms with Crippen LogP contribution in [0.25, 0.3) is 10.1 Å². The van der Waals surface area contributed by atoms with Gasteiger partial charge in [-0.15, -0.1) is 11.3 Å². The molecule has 1 saturated carbocycles. The lowest BCUT2D eigenvalue weighted by molar-refractivity contribution is -0.143. The van der Waals surface area contributed by atoms with Gasteiger partial charge in [-0.2, -0.15) is 0 Å². The number of carbonyl (C=O) groups is 4. The van der Waals surface area contributed by atoms with E-state index in [1.165, 1.54) is 24.3 Å². The van der Waals surface area contributed by atoms with Gasteiger partial charge in [0.05, 0.1) is 17.5 Å². The molecule has 4 fully saturated rings. The average molecular weight is 640 g/mol. The molecule has 12 nitrogen and oxygen atoms in total. The molecule has 1 unspecified atom stereocenters. The molecule has 232 valence electrons. The number of amides is 5. The first-order chi connectivity index (χ1) is 20.3. The summed E-state index contributed by atoms with van der Waals surface area (Å²) in [5.41, 5.74) is 5.06. The van der Waals surface area contributed by atoms with E-state index in [0.29, 0.717) is 35.3 Å². The maximum absolute atomic E-state index is 14.5. The molecule has 4 aliphatic rings. The number of carbonyl (C=O) groups excluding carboxylic acids is 4. The van der Waals surface area contributed by atoms with E-state index in [4.69, 9.17) is 5.73 Å². The van der Waals surface area contributed by atoms with Gasteiger partial charge in [-0.05, 0) is 73.1 Å². The summed E-state index contributed by atoms with van der Waals surface area (Å²) in [6.07, 6.45) is 1.61. The Hall–Kier alpha value is -3.13. The molecule has 1 aromatic heterocycles. The second-order valence-corrected chi connectivity index (χ2v) is 14.7. The zero-order chi connectivity index (χ0) is 30.8. The van der Waals surface area contributed by atoms with Crippen LogP contribution < -0.4 is 16.4 Å². The van der Waals surface area contributed by atoms with Crippen molar-refractivity contribution >= 4 is 52.8 Å². The van der Waals surface area contributed by atoms with Crippen LogP contribution in [-0.4, -0.2) is 86.8 Å². The number of nitrogens with zero attached hydrogens (tertiary/aromatic N) is 2. The van der Waals surface area contributed by atoms with Gasteiger partial charge in [-0.3, -0.25) is 18.9 Å². The van der Waals surface area contributed by atoms with E-state index in [9.17, 15) is 42.3 Å². The van der Waals surface area contributed by atoms with Gasteiger partial charge in [-0.25, -0.2) is 13.6 Å². The van der Waals surface area contributed by atoms with Crippen LogP contribution in [0.4, 0.5) is 13.6 Å². The minimum absolute atomic E-state index is 0.0588. The predicted molar refractivity (Wildman–Crippen MR) is 151 cm³/mol. The Bertz CT molecular complexity index is 1540. The maximum atomic E-state index is 14.5. The summed E-state index contributed by atoms with van der Waals surface area (Å²) < 4.78 is 40.7. The lowest BCUT2D eigenvalue weighted by Crippen LogP contribution is -2.58. The highest BCUT2D eigenvalue weighted by Crippen LogP contribution is 2.53. The molecule has 16 heteroatoms. The van der Waals surface area contributed by atoms with Crippen molar-refractivity contribution in [3.63, 3.8) is 0 Å². The second-order valence-electron chi connectivity index (χ2n) is 12.0. The molecular formula is C27H32F2N5O7PS. The van der Waals surface area contributed by atoms with Crippen LogP contribution in [0.1, 0.15) is 53.3 Å². The van der Waals surface area contributed by atoms with Crippen LogP contribution in [-0.2, 0) is 14.2 Å². The fourth-order valence-electron chi connectivity index (χ4n) is 6.75. The zero-order valence-corrected chi connectivity index (χ0v) is 24.6. The minimum atomic E-state index is -5.00. The molecule has 1 aromatic carbocycles. The van der Waals surface area contributed by atoms with E-state index in [0.717, 1.165) is 29.1 Å². The minimum Gasteiger partial charge on any atom is -0.351 e. The Kier molecular flexibility index (Phi) is 7.72. The lowest BCUT2D eigenvalue weighted by atomic mass is 9.99. The third-order valence-corrected chi connectivity index (χ3v) is 11.1. The van der Waals surface area contributed by atoms with Gasteiger partial charge in [-0.1, -0.05) is 6.07 Å². The van der Waals surface area contributed by atoms with E-state index >= 15 is 0 Å². The molecule has 3 saturated heterocycles. The molecule has 5 amide bonds. The van der Waals surface area contributed by atoms with Gasteiger partial charge >= 0.3 is 13.6 Å². The SMILES string of the molecule is NC(=O)N1C[C@H](NC(=O)[C@@H]2CC[C@@H]3C[C@H]4C[C@H]4C[C@H](NC(=O)c4cc5cc(C(F)P(=O)(O)O)ccc5s4)C(=O)N32)[C@@H](F)C1. The average Bonchev–Trinajstić information content (AvgIpc) is 3.26. The van der Waals surface area contributed by atoms with Crippen molar-refractivity contribution in [3.8, 4) is 0 Å². The fourth-order valence-corrected chi connectivity index (χ4v) is 8.25. The Labute approximate surface area is 249 Å². The number of thiophene rings is 1. The molecule has 4 heterocycles. The standard InChI is InChI=1S/C27H32F2N5O7PS/c28-17-10-33(27(30)38)11-19(17)32-24(35)20-3-2-16-7-13-6-14(13)8-18(26(37)34(16)20)31-25(36)22-9-15-5-12(1-4-21(15)43-22)23(29)42(39,40)41/h1,4-5,9,13-14,16-20,23H,2-3,6-8,10-11H2,(H2,30,38)(H,31,36)(H,32,35)(H2,39,40,41)/t13-,14+,16-,17+,18+,19+,20+,23?/m1/s1. The van der Waals surface area contributed by atoms with Crippen LogP contribution in [0.5, 0.6) is 0 Å². The number of halogens is 2. The summed E-state index contributed by atoms with van der Waals surface area (Å²) in [5, 5.41) is 5.93. The Morgan fingerprint density at radius 2 is 1.81 bits per heavy atom. The number of alkyl halides is 2. The monoisotopic (exact) mass is 639 g/mol. The van der Waals surface area contributed by atoms with Gasteiger partial charge in [0.25, 0.3) is 5.91 Å². The van der Waals surface area contributed by atoms with Gasteiger partial charge < -0.3 is 36.0 Å². The molecule has 0 bridgehead atoms. The number of fused-ring (bicyclic) bond motifs is 3. The molecule has 0 radical (unpaired) electrons. The normalized spacial score (nSPS) is 31.2. The van der Waals surface area contributed by atoms with Gasteiger partial charge in [0.2, 0.25) is 17.7 Å². The third-order valence-electron chi connectivity index (χ3n) is 9.07. The molecule has 2 aromatic rings. The number of benzene rings is 1. The molecule has 8 atom stereocenters. The maximum Gasteiger partial charge on any atom is 0.363 e. The molecule has 43 heavy (non-hydrogen) atoms. The Morgan fingerprint density at radius 1 is 1.07 bits per heavy atom. The number of nitrogens with two attached hydrogens (primary N) is 1. The van der Waals surface area contributed by atoms with E-state index in [2.05, 4.69) is 10.6 Å². The summed E-state index contributed by atoms with van der Waals surface area (Å²) in [4.78, 5) is 73.4. The van der Waals surface area contributed by atoms with Gasteiger partial charge in [0.1, 0.15) is 18.3 Å². The second kappa shape index (κ2) is 11.1. The van der Waals surface area contributed by atoms with Crippen LogP contribution >= 0.6 is 18.9 Å². The predicted octanol–water partition coefficient (Wildman–Crippen LogP) is 2.15. The van der Waals surface area contributed by atoms with E-state index in [-0.39, 0.29) is 41.4 Å². The molecule has 3 aliphatic heterocycles. The van der Waals surface area contributed by atoms with Crippen LogP contribution in [0.15, 0.2) is 24.3 Å². The van der Waals surface area contributed by atoms with E-state index < -0.39 is 55.7 Å². The van der Waals surface area contributed by atoms with Crippen molar-refractivity contribution in [2.45, 2.75) is 68.4 Å². The number of nitrogens with one attached hydrogen (secondary N) is 2. The molecule has 6 rings (SSSR count). The van der Waals surface area contributed by atoms with Crippen molar-refractivity contribution in [2.24, 2.45) is 17.6 Å². The molecule has 1 aliphatic carbocycles. The van der Waals surface area contributed by atoms with Crippen molar-refractivity contribution in [1.29, 1.82) is 0 Å². The number of hydrogen-bond donors (Lipinski definition) is 5. The fraction of sp³-hybridized carbons (Fsp3) is 0.556. The largest absolute Gasteiger partial charge is 0.363 e. The number of hydrogen-bond acceptors (Lipinski definition) is 6. The number of likely N-dealkylation sites (tertiary alicyclic amines) is 1. The Morgan fingerprint density at radius 3 is 2.51 bits per heavy atom. The number of rotatable bonds is 6. The van der Waals surface area contributed by atoms with E-state index in [1.54, 1.807) is 4.90 Å². The van der Waals surface area contributed by atoms with Crippen LogP contribution in [0.2, 0.25) is 0 Å². The first-order valence-electron chi connectivity index (χ1n) is 14.1. The summed E-state index contributed by atoms with van der Waals surface area (Å²) in [6, 6.07) is 1.89. The van der Waals surface area contributed by atoms with Crippen molar-refractivity contribution in [3.05, 3.63) is 34.7 Å². The summed E-state index contributed by atoms with van der Waals surface area (Å²) in [7, 11) is -5.00. The molecule has 0 spiro atoms. The summed E-state index contributed by atoms with van der Waals surface area (Å²) >= 11 is 1.10. The zero-order valence-electron chi connectivity index (χ0n) is 22.9. The Balaban J connectivity index is 1.18. The summed E-state index contributed by atoms with van der Waals surface area (Å²) in [5.74, 6) is -3.25. The highest BCUT2D eigenvalue weighted by molar-refractivity contribution is 7.51. The summed E-state index contributed by atoms with van der Waals surface area (Å²) in [6.45, 7) is -0.277.